The number of hydrogen-bond donors (Lipinski definition) is 1. The molecule has 0 fully saturated rings. The molecule has 6 nitrogen and oxygen atoms in total. The smallest absolute Gasteiger partial charge is 0.256 e. The summed E-state index contributed by atoms with van der Waals surface area (Å²) in [5.74, 6) is 0.477. The number of amides is 1. The first kappa shape index (κ1) is 17.2. The molecular formula is C19H15FN4O2S. The van der Waals surface area contributed by atoms with Gasteiger partial charge in [-0.3, -0.25) is 4.79 Å². The lowest BCUT2D eigenvalue weighted by molar-refractivity contribution is 0.102. The summed E-state index contributed by atoms with van der Waals surface area (Å²) in [7, 11) is 1.61. The van der Waals surface area contributed by atoms with Crippen LogP contribution in [0.2, 0.25) is 0 Å². The Labute approximate surface area is 158 Å². The second kappa shape index (κ2) is 6.81. The number of aryl methyl sites for hydroxylation is 1. The van der Waals surface area contributed by atoms with Gasteiger partial charge in [-0.1, -0.05) is 11.3 Å². The van der Waals surface area contributed by atoms with Crippen LogP contribution in [0.15, 0.2) is 48.5 Å². The Morgan fingerprint density at radius 2 is 1.96 bits per heavy atom. The van der Waals surface area contributed by atoms with Crippen LogP contribution < -0.4 is 10.1 Å². The second-order valence-electron chi connectivity index (χ2n) is 5.87. The van der Waals surface area contributed by atoms with Crippen LogP contribution in [0.3, 0.4) is 0 Å². The van der Waals surface area contributed by atoms with Crippen LogP contribution in [0.4, 0.5) is 10.2 Å². The predicted molar refractivity (Wildman–Crippen MR) is 102 cm³/mol. The number of hydrogen-bond acceptors (Lipinski definition) is 5. The van der Waals surface area contributed by atoms with Crippen LogP contribution in [-0.4, -0.2) is 27.8 Å². The van der Waals surface area contributed by atoms with Crippen LogP contribution in [-0.2, 0) is 0 Å². The maximum Gasteiger partial charge on any atom is 0.256 e. The molecule has 0 saturated carbocycles. The van der Waals surface area contributed by atoms with Crippen molar-refractivity contribution in [2.24, 2.45) is 0 Å². The summed E-state index contributed by atoms with van der Waals surface area (Å²) < 4.78 is 20.9. The normalized spacial score (nSPS) is 10.9. The number of methoxy groups -OCH3 is 1. The van der Waals surface area contributed by atoms with E-state index in [4.69, 9.17) is 4.74 Å². The molecule has 1 amide bonds. The molecule has 0 bridgehead atoms. The lowest BCUT2D eigenvalue weighted by atomic mass is 10.2. The minimum absolute atomic E-state index is 0.348. The molecular weight excluding hydrogens is 367 g/mol. The Hall–Kier alpha value is -3.26. The van der Waals surface area contributed by atoms with E-state index in [9.17, 15) is 9.18 Å². The monoisotopic (exact) mass is 382 g/mol. The molecule has 0 saturated heterocycles. The zero-order valence-electron chi connectivity index (χ0n) is 14.6. The van der Waals surface area contributed by atoms with E-state index in [0.717, 1.165) is 21.7 Å². The molecule has 4 aromatic rings. The van der Waals surface area contributed by atoms with Crippen LogP contribution in [0, 0.1) is 12.7 Å². The Balaban J connectivity index is 1.68. The fourth-order valence-corrected chi connectivity index (χ4v) is 3.55. The standard InChI is InChI=1S/C19H15FN4O2S/c1-11-9-17(22-18(25)12-3-5-13(20)6-4-12)24(23-11)19-21-15-10-14(26-2)7-8-16(15)27-19/h3-10H,1-2H3,(H,22,25). The highest BCUT2D eigenvalue weighted by atomic mass is 32.1. The molecule has 136 valence electrons. The molecule has 0 spiro atoms. The summed E-state index contributed by atoms with van der Waals surface area (Å²) >= 11 is 1.45. The fourth-order valence-electron chi connectivity index (χ4n) is 2.64. The van der Waals surface area contributed by atoms with Crippen molar-refractivity contribution in [2.75, 3.05) is 12.4 Å². The molecule has 27 heavy (non-hydrogen) atoms. The maximum atomic E-state index is 13.1. The van der Waals surface area contributed by atoms with Crippen LogP contribution in [0.25, 0.3) is 15.3 Å². The molecule has 2 heterocycles. The van der Waals surface area contributed by atoms with Gasteiger partial charge in [-0.2, -0.15) is 9.78 Å². The van der Waals surface area contributed by atoms with Crippen molar-refractivity contribution in [1.82, 2.24) is 14.8 Å². The zero-order chi connectivity index (χ0) is 19.0. The van der Waals surface area contributed by atoms with E-state index in [1.807, 2.05) is 25.1 Å². The Morgan fingerprint density at radius 3 is 2.70 bits per heavy atom. The van der Waals surface area contributed by atoms with Gasteiger partial charge in [-0.25, -0.2) is 9.37 Å². The number of benzene rings is 2. The molecule has 0 radical (unpaired) electrons. The number of ether oxygens (including phenoxy) is 1. The molecule has 2 aromatic carbocycles. The highest BCUT2D eigenvalue weighted by molar-refractivity contribution is 7.20. The van der Waals surface area contributed by atoms with E-state index in [1.54, 1.807) is 17.9 Å². The van der Waals surface area contributed by atoms with Gasteiger partial charge in [0.15, 0.2) is 0 Å². The van der Waals surface area contributed by atoms with E-state index in [2.05, 4.69) is 15.4 Å². The summed E-state index contributed by atoms with van der Waals surface area (Å²) in [5.41, 5.74) is 1.88. The molecule has 0 aliphatic carbocycles. The number of fused-ring (bicyclic) bond motifs is 1. The number of thiazole rings is 1. The number of nitrogens with one attached hydrogen (secondary N) is 1. The largest absolute Gasteiger partial charge is 0.497 e. The van der Waals surface area contributed by atoms with Gasteiger partial charge in [0.2, 0.25) is 5.13 Å². The summed E-state index contributed by atoms with van der Waals surface area (Å²) in [6.07, 6.45) is 0. The van der Waals surface area contributed by atoms with Gasteiger partial charge >= 0.3 is 0 Å². The first-order valence-corrected chi connectivity index (χ1v) is 8.94. The topological polar surface area (TPSA) is 69.0 Å². The van der Waals surface area contributed by atoms with Crippen molar-refractivity contribution < 1.29 is 13.9 Å². The van der Waals surface area contributed by atoms with Gasteiger partial charge in [0.05, 0.1) is 23.0 Å². The van der Waals surface area contributed by atoms with Crippen LogP contribution in [0.1, 0.15) is 16.1 Å². The van der Waals surface area contributed by atoms with Crippen molar-refractivity contribution >= 4 is 33.3 Å². The van der Waals surface area contributed by atoms with Gasteiger partial charge in [-0.15, -0.1) is 0 Å². The van der Waals surface area contributed by atoms with Gasteiger partial charge in [0, 0.05) is 17.7 Å². The van der Waals surface area contributed by atoms with Crippen molar-refractivity contribution in [3.8, 4) is 10.9 Å². The van der Waals surface area contributed by atoms with E-state index >= 15 is 0 Å². The van der Waals surface area contributed by atoms with Crippen molar-refractivity contribution in [3.63, 3.8) is 0 Å². The average Bonchev–Trinajstić information content (AvgIpc) is 3.24. The van der Waals surface area contributed by atoms with Gasteiger partial charge in [0.25, 0.3) is 5.91 Å². The van der Waals surface area contributed by atoms with E-state index in [0.29, 0.717) is 16.5 Å². The Bertz CT molecular complexity index is 1130. The molecule has 2 aromatic heterocycles. The summed E-state index contributed by atoms with van der Waals surface area (Å²) in [6, 6.07) is 12.8. The lowest BCUT2D eigenvalue weighted by Crippen LogP contribution is -2.15. The number of carbonyl (C=O) groups is 1. The molecule has 0 atom stereocenters. The Kier molecular flexibility index (Phi) is 4.33. The Morgan fingerprint density at radius 1 is 1.19 bits per heavy atom. The minimum Gasteiger partial charge on any atom is -0.497 e. The third-order valence-corrected chi connectivity index (χ3v) is 4.96. The second-order valence-corrected chi connectivity index (χ2v) is 6.88. The molecule has 8 heteroatoms. The average molecular weight is 382 g/mol. The van der Waals surface area contributed by atoms with E-state index in [1.165, 1.54) is 35.6 Å². The van der Waals surface area contributed by atoms with Crippen molar-refractivity contribution in [1.29, 1.82) is 0 Å². The van der Waals surface area contributed by atoms with Crippen molar-refractivity contribution in [3.05, 3.63) is 65.6 Å². The van der Waals surface area contributed by atoms with Gasteiger partial charge in [-0.05, 0) is 43.3 Å². The van der Waals surface area contributed by atoms with Crippen LogP contribution >= 0.6 is 11.3 Å². The van der Waals surface area contributed by atoms with Gasteiger partial charge in [0.1, 0.15) is 17.4 Å². The quantitative estimate of drug-likeness (QED) is 0.575. The molecule has 0 aliphatic rings. The highest BCUT2D eigenvalue weighted by Crippen LogP contribution is 2.29. The zero-order valence-corrected chi connectivity index (χ0v) is 15.4. The number of halogens is 1. The third-order valence-electron chi connectivity index (χ3n) is 3.94. The molecule has 4 rings (SSSR count). The molecule has 1 N–H and O–H groups in total. The minimum atomic E-state index is -0.391. The van der Waals surface area contributed by atoms with Crippen LogP contribution in [0.5, 0.6) is 5.75 Å². The highest BCUT2D eigenvalue weighted by Gasteiger charge is 2.15. The molecule has 0 unspecified atom stereocenters. The SMILES string of the molecule is COc1ccc2sc(-n3nc(C)cc3NC(=O)c3ccc(F)cc3)nc2c1. The number of aromatic nitrogens is 3. The first-order chi connectivity index (χ1) is 13.0. The lowest BCUT2D eigenvalue weighted by Gasteiger charge is -2.06. The summed E-state index contributed by atoms with van der Waals surface area (Å²) in [5, 5.41) is 7.88. The van der Waals surface area contributed by atoms with Crippen molar-refractivity contribution in [2.45, 2.75) is 6.92 Å². The predicted octanol–water partition coefficient (Wildman–Crippen LogP) is 4.19. The van der Waals surface area contributed by atoms with E-state index < -0.39 is 5.82 Å². The number of carbonyl (C=O) groups excluding carboxylic acids is 1. The number of nitrogens with zero attached hydrogens (tertiary/aromatic N) is 3. The fraction of sp³-hybridized carbons (Fsp3) is 0.105. The third kappa shape index (κ3) is 3.39. The summed E-state index contributed by atoms with van der Waals surface area (Å²) in [6.45, 7) is 1.83. The first-order valence-electron chi connectivity index (χ1n) is 8.12. The van der Waals surface area contributed by atoms with Gasteiger partial charge < -0.3 is 10.1 Å². The van der Waals surface area contributed by atoms with E-state index in [-0.39, 0.29) is 5.91 Å². The summed E-state index contributed by atoms with van der Waals surface area (Å²) in [4.78, 5) is 17.1. The number of anilines is 1. The number of rotatable bonds is 4. The molecule has 0 aliphatic heterocycles. The maximum absolute atomic E-state index is 13.1.